The summed E-state index contributed by atoms with van der Waals surface area (Å²) in [6, 6.07) is 11.2. The predicted molar refractivity (Wildman–Crippen MR) is 86.5 cm³/mol. The molecule has 2 aliphatic heterocycles. The van der Waals surface area contributed by atoms with E-state index in [9.17, 15) is 8.78 Å². The molecule has 4 rings (SSSR count). The van der Waals surface area contributed by atoms with Gasteiger partial charge in [-0.1, -0.05) is 30.0 Å². The van der Waals surface area contributed by atoms with Gasteiger partial charge in [-0.2, -0.15) is 5.10 Å². The second kappa shape index (κ2) is 5.23. The molecule has 2 aromatic rings. The summed E-state index contributed by atoms with van der Waals surface area (Å²) < 4.78 is 33.3. The van der Waals surface area contributed by atoms with Crippen molar-refractivity contribution in [2.24, 2.45) is 5.10 Å². The third-order valence-electron chi connectivity index (χ3n) is 4.19. The van der Waals surface area contributed by atoms with Gasteiger partial charge in [0, 0.05) is 24.6 Å². The lowest BCUT2D eigenvalue weighted by Crippen LogP contribution is -2.39. The van der Waals surface area contributed by atoms with E-state index in [1.165, 1.54) is 17.8 Å². The van der Waals surface area contributed by atoms with E-state index in [1.807, 2.05) is 36.3 Å². The predicted octanol–water partition coefficient (Wildman–Crippen LogP) is 3.94. The molecule has 6 heteroatoms. The molecular formula is C17H14F2N2OS. The maximum absolute atomic E-state index is 14.1. The van der Waals surface area contributed by atoms with E-state index in [0.29, 0.717) is 11.7 Å². The van der Waals surface area contributed by atoms with Crippen molar-refractivity contribution >= 4 is 16.8 Å². The Morgan fingerprint density at radius 3 is 2.91 bits per heavy atom. The van der Waals surface area contributed by atoms with Crippen molar-refractivity contribution in [1.29, 1.82) is 0 Å². The van der Waals surface area contributed by atoms with Gasteiger partial charge in [-0.3, -0.25) is 5.01 Å². The standard InChI is InChI=1S/C17H14F2N2OS/c1-21-17(8-9-22-15-5-3-2-4-13(15)17)23-16(20-21)12-10-11(18)6-7-14(12)19/h2-7,10H,8-9H2,1H3. The summed E-state index contributed by atoms with van der Waals surface area (Å²) in [5.74, 6) is -0.126. The Morgan fingerprint density at radius 2 is 2.04 bits per heavy atom. The molecule has 1 atom stereocenters. The van der Waals surface area contributed by atoms with Crippen LogP contribution < -0.4 is 4.74 Å². The zero-order valence-electron chi connectivity index (χ0n) is 12.4. The van der Waals surface area contributed by atoms with E-state index < -0.39 is 16.5 Å². The van der Waals surface area contributed by atoms with Gasteiger partial charge in [0.05, 0.1) is 6.61 Å². The highest BCUT2D eigenvalue weighted by atomic mass is 32.2. The number of hydrogen-bond donors (Lipinski definition) is 0. The molecule has 2 aromatic carbocycles. The molecule has 0 radical (unpaired) electrons. The molecule has 0 saturated heterocycles. The summed E-state index contributed by atoms with van der Waals surface area (Å²) >= 11 is 1.45. The lowest BCUT2D eigenvalue weighted by molar-refractivity contribution is 0.150. The van der Waals surface area contributed by atoms with Crippen molar-refractivity contribution in [2.75, 3.05) is 13.7 Å². The van der Waals surface area contributed by atoms with Crippen LogP contribution in [0.4, 0.5) is 8.78 Å². The molecule has 0 aromatic heterocycles. The quantitative estimate of drug-likeness (QED) is 0.791. The lowest BCUT2D eigenvalue weighted by atomic mass is 9.99. The molecule has 2 heterocycles. The molecule has 0 aliphatic carbocycles. The van der Waals surface area contributed by atoms with Crippen LogP contribution in [0.1, 0.15) is 17.5 Å². The second-order valence-corrected chi connectivity index (χ2v) is 6.80. The zero-order valence-corrected chi connectivity index (χ0v) is 13.2. The maximum Gasteiger partial charge on any atom is 0.140 e. The van der Waals surface area contributed by atoms with Crippen molar-refractivity contribution in [2.45, 2.75) is 11.3 Å². The summed E-state index contributed by atoms with van der Waals surface area (Å²) in [6.45, 7) is 0.558. The van der Waals surface area contributed by atoms with Crippen LogP contribution in [0.3, 0.4) is 0 Å². The Morgan fingerprint density at radius 1 is 1.22 bits per heavy atom. The van der Waals surface area contributed by atoms with Crippen LogP contribution in [-0.4, -0.2) is 23.7 Å². The molecule has 1 unspecified atom stereocenters. The van der Waals surface area contributed by atoms with Crippen LogP contribution in [-0.2, 0) is 4.87 Å². The van der Waals surface area contributed by atoms with E-state index in [1.54, 1.807) is 0 Å². The first-order valence-corrected chi connectivity index (χ1v) is 8.11. The molecular weight excluding hydrogens is 318 g/mol. The Kier molecular flexibility index (Phi) is 3.30. The Bertz CT molecular complexity index is 811. The monoisotopic (exact) mass is 332 g/mol. The van der Waals surface area contributed by atoms with Gasteiger partial charge in [0.15, 0.2) is 0 Å². The van der Waals surface area contributed by atoms with Gasteiger partial charge in [-0.25, -0.2) is 8.78 Å². The topological polar surface area (TPSA) is 24.8 Å². The SMILES string of the molecule is CN1N=C(c2cc(F)ccc2F)SC12CCOc1ccccc12. The van der Waals surface area contributed by atoms with Crippen LogP contribution in [0.5, 0.6) is 5.75 Å². The summed E-state index contributed by atoms with van der Waals surface area (Å²) in [7, 11) is 1.86. The highest BCUT2D eigenvalue weighted by molar-refractivity contribution is 8.15. The van der Waals surface area contributed by atoms with Gasteiger partial charge < -0.3 is 4.74 Å². The van der Waals surface area contributed by atoms with Crippen LogP contribution >= 0.6 is 11.8 Å². The number of ether oxygens (including phenoxy) is 1. The van der Waals surface area contributed by atoms with Gasteiger partial charge in [-0.15, -0.1) is 0 Å². The molecule has 0 saturated carbocycles. The van der Waals surface area contributed by atoms with E-state index in [4.69, 9.17) is 4.74 Å². The zero-order chi connectivity index (χ0) is 16.0. The van der Waals surface area contributed by atoms with E-state index in [-0.39, 0.29) is 5.56 Å². The minimum Gasteiger partial charge on any atom is -0.493 e. The number of benzene rings is 2. The minimum atomic E-state index is -0.472. The smallest absolute Gasteiger partial charge is 0.140 e. The Hall–Kier alpha value is -2.08. The average Bonchev–Trinajstić information content (AvgIpc) is 2.88. The molecule has 3 nitrogen and oxygen atoms in total. The first kappa shape index (κ1) is 14.5. The van der Waals surface area contributed by atoms with E-state index in [0.717, 1.165) is 29.9 Å². The number of halogens is 2. The van der Waals surface area contributed by atoms with E-state index >= 15 is 0 Å². The molecule has 1 spiro atoms. The summed E-state index contributed by atoms with van der Waals surface area (Å²) in [4.78, 5) is -0.442. The normalized spacial score (nSPS) is 22.7. The van der Waals surface area contributed by atoms with Gasteiger partial charge in [0.1, 0.15) is 27.3 Å². The van der Waals surface area contributed by atoms with E-state index in [2.05, 4.69) is 5.10 Å². The molecule has 0 amide bonds. The molecule has 0 N–H and O–H groups in total. The molecule has 2 aliphatic rings. The minimum absolute atomic E-state index is 0.197. The first-order chi connectivity index (χ1) is 11.1. The van der Waals surface area contributed by atoms with Crippen molar-refractivity contribution in [1.82, 2.24) is 5.01 Å². The highest BCUT2D eigenvalue weighted by Gasteiger charge is 2.47. The van der Waals surface area contributed by atoms with Gasteiger partial charge in [0.25, 0.3) is 0 Å². The first-order valence-electron chi connectivity index (χ1n) is 7.29. The Labute approximate surface area is 136 Å². The lowest BCUT2D eigenvalue weighted by Gasteiger charge is -2.39. The average molecular weight is 332 g/mol. The molecule has 23 heavy (non-hydrogen) atoms. The largest absolute Gasteiger partial charge is 0.493 e. The number of nitrogens with zero attached hydrogens (tertiary/aromatic N) is 2. The van der Waals surface area contributed by atoms with Crippen LogP contribution in [0.15, 0.2) is 47.6 Å². The van der Waals surface area contributed by atoms with Crippen LogP contribution in [0.2, 0.25) is 0 Å². The van der Waals surface area contributed by atoms with Gasteiger partial charge in [0.2, 0.25) is 0 Å². The van der Waals surface area contributed by atoms with Crippen LogP contribution in [0, 0.1) is 11.6 Å². The fraction of sp³-hybridized carbons (Fsp3) is 0.235. The third-order valence-corrected chi connectivity index (χ3v) is 5.72. The third kappa shape index (κ3) is 2.20. The number of thioether (sulfide) groups is 1. The van der Waals surface area contributed by atoms with Gasteiger partial charge in [-0.05, 0) is 24.3 Å². The van der Waals surface area contributed by atoms with Crippen molar-refractivity contribution in [3.8, 4) is 5.75 Å². The second-order valence-electron chi connectivity index (χ2n) is 5.53. The van der Waals surface area contributed by atoms with Gasteiger partial charge >= 0.3 is 0 Å². The molecule has 0 fully saturated rings. The maximum atomic E-state index is 14.1. The number of hydrazone groups is 1. The number of hydrogen-bond acceptors (Lipinski definition) is 4. The van der Waals surface area contributed by atoms with Crippen molar-refractivity contribution in [3.05, 3.63) is 65.2 Å². The summed E-state index contributed by atoms with van der Waals surface area (Å²) in [6.07, 6.45) is 0.717. The summed E-state index contributed by atoms with van der Waals surface area (Å²) in [5, 5.41) is 6.81. The highest BCUT2D eigenvalue weighted by Crippen LogP contribution is 2.53. The number of rotatable bonds is 1. The van der Waals surface area contributed by atoms with Crippen molar-refractivity contribution in [3.63, 3.8) is 0 Å². The van der Waals surface area contributed by atoms with Crippen molar-refractivity contribution < 1.29 is 13.5 Å². The number of fused-ring (bicyclic) bond motifs is 2. The molecule has 118 valence electrons. The Balaban J connectivity index is 1.78. The van der Waals surface area contributed by atoms with Crippen LogP contribution in [0.25, 0.3) is 0 Å². The fourth-order valence-corrected chi connectivity index (χ4v) is 4.41. The number of para-hydroxylation sites is 1. The summed E-state index contributed by atoms with van der Waals surface area (Å²) in [5.41, 5.74) is 1.21. The fourth-order valence-electron chi connectivity index (χ4n) is 3.02. The molecule has 0 bridgehead atoms.